The molecule has 2 aromatic rings. The first kappa shape index (κ1) is 17.9. The number of nitrogens with zero attached hydrogens (tertiary/aromatic N) is 1. The molecule has 2 amide bonds. The van der Waals surface area contributed by atoms with Gasteiger partial charge < -0.3 is 10.6 Å². The van der Waals surface area contributed by atoms with E-state index in [1.54, 1.807) is 0 Å². The molecule has 0 spiro atoms. The van der Waals surface area contributed by atoms with Crippen LogP contribution in [0.4, 0.5) is 30.2 Å². The number of anilines is 2. The number of hydrogen-bond acceptors (Lipinski definition) is 4. The SMILES string of the molecule is O=C(Nc1ccc(C(F)(F)F)cc1)C(=O)Nc1cccc([N+](=O)[O-])c1. The lowest BCUT2D eigenvalue weighted by molar-refractivity contribution is -0.384. The molecule has 2 aromatic carbocycles. The number of hydrogen-bond donors (Lipinski definition) is 2. The second-order valence-electron chi connectivity index (χ2n) is 4.79. The molecule has 0 heterocycles. The third-order valence-corrected chi connectivity index (χ3v) is 2.99. The number of amides is 2. The van der Waals surface area contributed by atoms with Gasteiger partial charge in [0.25, 0.3) is 5.69 Å². The summed E-state index contributed by atoms with van der Waals surface area (Å²) in [6.45, 7) is 0. The molecule has 0 bridgehead atoms. The third-order valence-electron chi connectivity index (χ3n) is 2.99. The summed E-state index contributed by atoms with van der Waals surface area (Å²) in [6.07, 6.45) is -4.51. The molecule has 0 atom stereocenters. The molecule has 0 aromatic heterocycles. The maximum absolute atomic E-state index is 12.4. The Morgan fingerprint density at radius 1 is 0.920 bits per heavy atom. The van der Waals surface area contributed by atoms with Crippen molar-refractivity contribution in [2.75, 3.05) is 10.6 Å². The third kappa shape index (κ3) is 4.77. The van der Waals surface area contributed by atoms with Gasteiger partial charge in [-0.25, -0.2) is 0 Å². The van der Waals surface area contributed by atoms with Crippen LogP contribution in [0.1, 0.15) is 5.56 Å². The summed E-state index contributed by atoms with van der Waals surface area (Å²) in [7, 11) is 0. The Hall–Kier alpha value is -3.43. The Balaban J connectivity index is 2.02. The molecule has 2 rings (SSSR count). The van der Waals surface area contributed by atoms with Crippen LogP contribution in [0.25, 0.3) is 0 Å². The molecule has 0 aliphatic carbocycles. The van der Waals surface area contributed by atoms with E-state index in [1.807, 2.05) is 0 Å². The Morgan fingerprint density at radius 3 is 2.00 bits per heavy atom. The molecule has 0 aliphatic rings. The van der Waals surface area contributed by atoms with E-state index < -0.39 is 28.5 Å². The highest BCUT2D eigenvalue weighted by Crippen LogP contribution is 2.29. The molecule has 0 radical (unpaired) electrons. The maximum atomic E-state index is 12.4. The van der Waals surface area contributed by atoms with E-state index in [2.05, 4.69) is 10.6 Å². The minimum absolute atomic E-state index is 0.00723. The minimum atomic E-state index is -4.51. The average molecular weight is 353 g/mol. The zero-order chi connectivity index (χ0) is 18.6. The average Bonchev–Trinajstić information content (AvgIpc) is 2.54. The first-order valence-corrected chi connectivity index (χ1v) is 6.71. The summed E-state index contributed by atoms with van der Waals surface area (Å²) < 4.78 is 37.3. The Morgan fingerprint density at radius 2 is 1.48 bits per heavy atom. The number of benzene rings is 2. The van der Waals surface area contributed by atoms with Crippen LogP contribution in [0.5, 0.6) is 0 Å². The van der Waals surface area contributed by atoms with Gasteiger partial charge in [-0.1, -0.05) is 6.07 Å². The van der Waals surface area contributed by atoms with E-state index in [0.717, 1.165) is 30.3 Å². The second kappa shape index (κ2) is 6.99. The van der Waals surface area contributed by atoms with Crippen LogP contribution < -0.4 is 10.6 Å². The fraction of sp³-hybridized carbons (Fsp3) is 0.0667. The zero-order valence-electron chi connectivity index (χ0n) is 12.3. The number of halogens is 3. The number of non-ortho nitro benzene ring substituents is 1. The monoisotopic (exact) mass is 353 g/mol. The summed E-state index contributed by atoms with van der Waals surface area (Å²) in [6, 6.07) is 8.45. The molecule has 2 N–H and O–H groups in total. The lowest BCUT2D eigenvalue weighted by Gasteiger charge is -2.09. The molecule has 0 saturated heterocycles. The van der Waals surface area contributed by atoms with Gasteiger partial charge in [-0.3, -0.25) is 19.7 Å². The van der Waals surface area contributed by atoms with Gasteiger partial charge in [-0.2, -0.15) is 13.2 Å². The first-order valence-electron chi connectivity index (χ1n) is 6.71. The van der Waals surface area contributed by atoms with Crippen LogP contribution in [0.2, 0.25) is 0 Å². The number of alkyl halides is 3. The predicted octanol–water partition coefficient (Wildman–Crippen LogP) is 3.19. The zero-order valence-corrected chi connectivity index (χ0v) is 12.3. The van der Waals surface area contributed by atoms with Crippen LogP contribution in [0, 0.1) is 10.1 Å². The van der Waals surface area contributed by atoms with Crippen molar-refractivity contribution in [1.82, 2.24) is 0 Å². The summed E-state index contributed by atoms with van der Waals surface area (Å²) in [5.74, 6) is -2.26. The van der Waals surface area contributed by atoms with Gasteiger partial charge in [0.05, 0.1) is 10.5 Å². The van der Waals surface area contributed by atoms with Gasteiger partial charge in [-0.05, 0) is 30.3 Å². The molecule has 0 unspecified atom stereocenters. The highest BCUT2D eigenvalue weighted by atomic mass is 19.4. The lowest BCUT2D eigenvalue weighted by Crippen LogP contribution is -2.29. The topological polar surface area (TPSA) is 101 Å². The molecular formula is C15H10F3N3O4. The summed E-state index contributed by atoms with van der Waals surface area (Å²) >= 11 is 0. The lowest BCUT2D eigenvalue weighted by atomic mass is 10.2. The largest absolute Gasteiger partial charge is 0.416 e. The highest BCUT2D eigenvalue weighted by Gasteiger charge is 2.30. The number of nitro benzene ring substituents is 1. The van der Waals surface area contributed by atoms with E-state index in [0.29, 0.717) is 0 Å². The van der Waals surface area contributed by atoms with E-state index in [9.17, 15) is 32.9 Å². The number of rotatable bonds is 3. The standard InChI is InChI=1S/C15H10F3N3O4/c16-15(17,18)9-4-6-10(7-5-9)19-13(22)14(23)20-11-2-1-3-12(8-11)21(24)25/h1-8H,(H,19,22)(H,20,23). The van der Waals surface area contributed by atoms with Crippen molar-refractivity contribution in [2.45, 2.75) is 6.18 Å². The van der Waals surface area contributed by atoms with Gasteiger partial charge in [-0.15, -0.1) is 0 Å². The fourth-order valence-corrected chi connectivity index (χ4v) is 1.82. The van der Waals surface area contributed by atoms with Crippen molar-refractivity contribution in [3.8, 4) is 0 Å². The normalized spacial score (nSPS) is 10.8. The van der Waals surface area contributed by atoms with Crippen LogP contribution in [0.15, 0.2) is 48.5 Å². The molecule has 0 aliphatic heterocycles. The molecule has 25 heavy (non-hydrogen) atoms. The molecule has 0 fully saturated rings. The Bertz CT molecular complexity index is 820. The molecular weight excluding hydrogens is 343 g/mol. The van der Waals surface area contributed by atoms with Crippen LogP contribution >= 0.6 is 0 Å². The van der Waals surface area contributed by atoms with Crippen molar-refractivity contribution in [1.29, 1.82) is 0 Å². The molecule has 10 heteroatoms. The number of nitrogens with one attached hydrogen (secondary N) is 2. The molecule has 130 valence electrons. The van der Waals surface area contributed by atoms with Gasteiger partial charge >= 0.3 is 18.0 Å². The molecule has 7 nitrogen and oxygen atoms in total. The van der Waals surface area contributed by atoms with Gasteiger partial charge in [0.15, 0.2) is 0 Å². The van der Waals surface area contributed by atoms with E-state index in [4.69, 9.17) is 0 Å². The summed E-state index contributed by atoms with van der Waals surface area (Å²) in [5, 5.41) is 14.9. The predicted molar refractivity (Wildman–Crippen MR) is 81.8 cm³/mol. The number of carbonyl (C=O) groups excluding carboxylic acids is 2. The minimum Gasteiger partial charge on any atom is -0.318 e. The smallest absolute Gasteiger partial charge is 0.318 e. The van der Waals surface area contributed by atoms with Crippen molar-refractivity contribution in [2.24, 2.45) is 0 Å². The molecule has 0 saturated carbocycles. The fourth-order valence-electron chi connectivity index (χ4n) is 1.82. The van der Waals surface area contributed by atoms with Crippen molar-refractivity contribution in [3.05, 3.63) is 64.2 Å². The number of nitro groups is 1. The van der Waals surface area contributed by atoms with Crippen molar-refractivity contribution >= 4 is 28.9 Å². The first-order chi connectivity index (χ1) is 11.7. The van der Waals surface area contributed by atoms with Crippen LogP contribution in [-0.4, -0.2) is 16.7 Å². The number of carbonyl (C=O) groups is 2. The highest BCUT2D eigenvalue weighted by molar-refractivity contribution is 6.43. The quantitative estimate of drug-likeness (QED) is 0.503. The van der Waals surface area contributed by atoms with Crippen LogP contribution in [-0.2, 0) is 15.8 Å². The van der Waals surface area contributed by atoms with E-state index in [-0.39, 0.29) is 17.1 Å². The van der Waals surface area contributed by atoms with Crippen molar-refractivity contribution in [3.63, 3.8) is 0 Å². The van der Waals surface area contributed by atoms with E-state index >= 15 is 0 Å². The van der Waals surface area contributed by atoms with Crippen molar-refractivity contribution < 1.29 is 27.7 Å². The van der Waals surface area contributed by atoms with Gasteiger partial charge in [0.1, 0.15) is 0 Å². The summed E-state index contributed by atoms with van der Waals surface area (Å²) in [5.41, 5.74) is -1.15. The Kier molecular flexibility index (Phi) is 5.01. The van der Waals surface area contributed by atoms with Gasteiger partial charge in [0, 0.05) is 23.5 Å². The summed E-state index contributed by atoms with van der Waals surface area (Å²) in [4.78, 5) is 33.5. The van der Waals surface area contributed by atoms with Gasteiger partial charge in [0.2, 0.25) is 0 Å². The van der Waals surface area contributed by atoms with E-state index in [1.165, 1.54) is 18.2 Å². The Labute approximate surface area is 138 Å². The van der Waals surface area contributed by atoms with Crippen LogP contribution in [0.3, 0.4) is 0 Å². The second-order valence-corrected chi connectivity index (χ2v) is 4.79. The maximum Gasteiger partial charge on any atom is 0.416 e.